The fraction of sp³-hybridized carbons (Fsp3) is 0.261. The minimum Gasteiger partial charge on any atom is -0.352 e. The van der Waals surface area contributed by atoms with E-state index in [1.807, 2.05) is 56.3 Å². The van der Waals surface area contributed by atoms with Gasteiger partial charge >= 0.3 is 0 Å². The Kier molecular flexibility index (Phi) is 6.69. The highest BCUT2D eigenvalue weighted by Crippen LogP contribution is 2.42. The maximum atomic E-state index is 12.7. The van der Waals surface area contributed by atoms with Crippen molar-refractivity contribution in [3.63, 3.8) is 0 Å². The van der Waals surface area contributed by atoms with Crippen molar-refractivity contribution in [2.75, 3.05) is 11.9 Å². The Morgan fingerprint density at radius 2 is 2.10 bits per heavy atom. The van der Waals surface area contributed by atoms with Gasteiger partial charge in [0.05, 0.1) is 21.6 Å². The van der Waals surface area contributed by atoms with Gasteiger partial charge in [0, 0.05) is 29.7 Å². The van der Waals surface area contributed by atoms with Gasteiger partial charge in [0.15, 0.2) is 5.11 Å². The van der Waals surface area contributed by atoms with Crippen LogP contribution >= 0.6 is 39.5 Å². The number of rotatable bonds is 6. The average molecular weight is 516 g/mol. The van der Waals surface area contributed by atoms with Crippen LogP contribution in [0.4, 0.5) is 5.69 Å². The lowest BCUT2D eigenvalue weighted by atomic mass is 10.0. The summed E-state index contributed by atoms with van der Waals surface area (Å²) >= 11 is 10.9. The number of pyridine rings is 1. The molecule has 0 aliphatic carbocycles. The van der Waals surface area contributed by atoms with Crippen LogP contribution in [0.2, 0.25) is 0 Å². The van der Waals surface area contributed by atoms with E-state index in [9.17, 15) is 4.79 Å². The molecular weight excluding hydrogens is 492 g/mol. The molecule has 1 fully saturated rings. The first-order chi connectivity index (χ1) is 14.9. The highest BCUT2D eigenvalue weighted by Gasteiger charge is 2.40. The van der Waals surface area contributed by atoms with Crippen LogP contribution in [0.3, 0.4) is 0 Å². The second kappa shape index (κ2) is 9.46. The molecule has 1 aliphatic heterocycles. The number of benzene rings is 1. The Morgan fingerprint density at radius 3 is 2.81 bits per heavy atom. The molecule has 1 saturated heterocycles. The number of aromatic nitrogens is 1. The zero-order valence-electron chi connectivity index (χ0n) is 17.3. The van der Waals surface area contributed by atoms with Gasteiger partial charge in [-0.25, -0.2) is 0 Å². The standard InChI is InChI=1S/C23H23BrN4OS2/c1-14-6-7-15(2)17(13-14)26-20(29)10-12-28-22(18-8-9-19(24)31-18)21(27-23(28)30)16-5-3-4-11-25-16/h3-9,11,13,21-22H,10,12H2,1-2H3,(H,26,29)(H,27,30)/t21-,22+/m0/s1. The molecule has 4 rings (SSSR count). The molecule has 3 aromatic rings. The molecule has 160 valence electrons. The molecular formula is C23H23BrN4OS2. The predicted octanol–water partition coefficient (Wildman–Crippen LogP) is 5.52. The van der Waals surface area contributed by atoms with Gasteiger partial charge in [-0.3, -0.25) is 9.78 Å². The maximum absolute atomic E-state index is 12.7. The predicted molar refractivity (Wildman–Crippen MR) is 133 cm³/mol. The maximum Gasteiger partial charge on any atom is 0.226 e. The van der Waals surface area contributed by atoms with Crippen LogP contribution < -0.4 is 10.6 Å². The first-order valence-electron chi connectivity index (χ1n) is 10.0. The van der Waals surface area contributed by atoms with Crippen molar-refractivity contribution in [2.45, 2.75) is 32.4 Å². The Morgan fingerprint density at radius 1 is 1.26 bits per heavy atom. The lowest BCUT2D eigenvalue weighted by Crippen LogP contribution is -2.32. The van der Waals surface area contributed by atoms with Gasteiger partial charge in [0.1, 0.15) is 0 Å². The quantitative estimate of drug-likeness (QED) is 0.424. The topological polar surface area (TPSA) is 57.3 Å². The summed E-state index contributed by atoms with van der Waals surface area (Å²) in [6.07, 6.45) is 2.13. The summed E-state index contributed by atoms with van der Waals surface area (Å²) in [5, 5.41) is 7.11. The van der Waals surface area contributed by atoms with E-state index in [4.69, 9.17) is 12.2 Å². The molecule has 1 amide bonds. The number of nitrogens with one attached hydrogen (secondary N) is 2. The molecule has 31 heavy (non-hydrogen) atoms. The van der Waals surface area contributed by atoms with Gasteiger partial charge < -0.3 is 15.5 Å². The number of hydrogen-bond donors (Lipinski definition) is 2. The third kappa shape index (κ3) is 4.97. The van der Waals surface area contributed by atoms with E-state index in [2.05, 4.69) is 42.5 Å². The fourth-order valence-electron chi connectivity index (χ4n) is 3.75. The molecule has 2 N–H and O–H groups in total. The van der Waals surface area contributed by atoms with Gasteiger partial charge in [-0.15, -0.1) is 11.3 Å². The van der Waals surface area contributed by atoms with Crippen molar-refractivity contribution in [1.29, 1.82) is 0 Å². The molecule has 0 saturated carbocycles. The smallest absolute Gasteiger partial charge is 0.226 e. The van der Waals surface area contributed by atoms with Crippen LogP contribution in [0.25, 0.3) is 0 Å². The summed E-state index contributed by atoms with van der Waals surface area (Å²) in [6.45, 7) is 4.54. The van der Waals surface area contributed by atoms with E-state index in [0.717, 1.165) is 26.3 Å². The van der Waals surface area contributed by atoms with Gasteiger partial charge in [0.2, 0.25) is 5.91 Å². The van der Waals surface area contributed by atoms with Gasteiger partial charge in [-0.05, 0) is 83.5 Å². The third-order valence-corrected chi connectivity index (χ3v) is 7.38. The SMILES string of the molecule is Cc1ccc(C)c(NC(=O)CCN2C(=S)N[C@@H](c3ccccn3)[C@H]2c2ccc(Br)s2)c1. The molecule has 0 unspecified atom stereocenters. The zero-order valence-corrected chi connectivity index (χ0v) is 20.5. The van der Waals surface area contributed by atoms with Crippen LogP contribution in [-0.2, 0) is 4.79 Å². The van der Waals surface area contributed by atoms with E-state index in [1.54, 1.807) is 17.5 Å². The van der Waals surface area contributed by atoms with Gasteiger partial charge in [-0.2, -0.15) is 0 Å². The normalized spacial score (nSPS) is 18.2. The second-order valence-corrected chi connectivity index (χ2v) is 10.5. The average Bonchev–Trinajstić information content (AvgIpc) is 3.32. The Bertz CT molecular complexity index is 1100. The van der Waals surface area contributed by atoms with Crippen molar-refractivity contribution in [3.8, 4) is 0 Å². The Balaban J connectivity index is 1.52. The van der Waals surface area contributed by atoms with Crippen LogP contribution in [0.5, 0.6) is 0 Å². The van der Waals surface area contributed by atoms with Crippen LogP contribution in [0.1, 0.15) is 40.2 Å². The number of amides is 1. The van der Waals surface area contributed by atoms with E-state index in [1.165, 1.54) is 4.88 Å². The fourth-order valence-corrected chi connectivity index (χ4v) is 5.65. The molecule has 5 nitrogen and oxygen atoms in total. The minimum absolute atomic E-state index is 0.0211. The largest absolute Gasteiger partial charge is 0.352 e. The molecule has 3 heterocycles. The van der Waals surface area contributed by atoms with E-state index in [0.29, 0.717) is 18.1 Å². The summed E-state index contributed by atoms with van der Waals surface area (Å²) in [6, 6.07) is 16.0. The Labute approximate surface area is 200 Å². The molecule has 0 spiro atoms. The van der Waals surface area contributed by atoms with Crippen molar-refractivity contribution >= 4 is 56.2 Å². The van der Waals surface area contributed by atoms with E-state index in [-0.39, 0.29) is 18.0 Å². The third-order valence-electron chi connectivity index (χ3n) is 5.33. The second-order valence-electron chi connectivity index (χ2n) is 7.58. The summed E-state index contributed by atoms with van der Waals surface area (Å²) < 4.78 is 1.06. The zero-order chi connectivity index (χ0) is 22.0. The molecule has 2 atom stereocenters. The lowest BCUT2D eigenvalue weighted by molar-refractivity contribution is -0.116. The number of thiophene rings is 1. The van der Waals surface area contributed by atoms with Crippen molar-refractivity contribution in [1.82, 2.24) is 15.2 Å². The van der Waals surface area contributed by atoms with Crippen molar-refractivity contribution < 1.29 is 4.79 Å². The van der Waals surface area contributed by atoms with Crippen LogP contribution in [0, 0.1) is 13.8 Å². The molecule has 1 aromatic carbocycles. The van der Waals surface area contributed by atoms with Crippen molar-refractivity contribution in [2.24, 2.45) is 0 Å². The highest BCUT2D eigenvalue weighted by molar-refractivity contribution is 9.11. The molecule has 0 bridgehead atoms. The number of halogens is 1. The number of aryl methyl sites for hydroxylation is 2. The van der Waals surface area contributed by atoms with Crippen LogP contribution in [0.15, 0.2) is 58.5 Å². The Hall–Kier alpha value is -2.29. The molecule has 0 radical (unpaired) electrons. The first kappa shape index (κ1) is 21.9. The van der Waals surface area contributed by atoms with Gasteiger partial charge in [-0.1, -0.05) is 18.2 Å². The number of carbonyl (C=O) groups is 1. The molecule has 2 aromatic heterocycles. The monoisotopic (exact) mass is 514 g/mol. The highest BCUT2D eigenvalue weighted by atomic mass is 79.9. The molecule has 1 aliphatic rings. The summed E-state index contributed by atoms with van der Waals surface area (Å²) in [7, 11) is 0. The minimum atomic E-state index is -0.0682. The van der Waals surface area contributed by atoms with Crippen molar-refractivity contribution in [3.05, 3.63) is 80.2 Å². The van der Waals surface area contributed by atoms with Crippen LogP contribution in [-0.4, -0.2) is 27.4 Å². The number of hydrogen-bond acceptors (Lipinski definition) is 4. The number of carbonyl (C=O) groups excluding carboxylic acids is 1. The number of thiocarbonyl (C=S) groups is 1. The first-order valence-corrected chi connectivity index (χ1v) is 12.0. The van der Waals surface area contributed by atoms with E-state index >= 15 is 0 Å². The van der Waals surface area contributed by atoms with Gasteiger partial charge in [0.25, 0.3) is 0 Å². The summed E-state index contributed by atoms with van der Waals surface area (Å²) in [5.41, 5.74) is 3.96. The number of anilines is 1. The summed E-state index contributed by atoms with van der Waals surface area (Å²) in [5.74, 6) is -0.0242. The molecule has 8 heteroatoms. The van der Waals surface area contributed by atoms with E-state index < -0.39 is 0 Å². The number of nitrogens with zero attached hydrogens (tertiary/aromatic N) is 2. The lowest BCUT2D eigenvalue weighted by Gasteiger charge is -2.26. The summed E-state index contributed by atoms with van der Waals surface area (Å²) in [4.78, 5) is 20.5.